The van der Waals surface area contributed by atoms with Gasteiger partial charge in [-0.15, -0.1) is 0 Å². The molecule has 0 saturated carbocycles. The highest BCUT2D eigenvalue weighted by atomic mass is 35.5. The number of methoxy groups -OCH3 is 1. The third-order valence-corrected chi connectivity index (χ3v) is 11.7. The summed E-state index contributed by atoms with van der Waals surface area (Å²) < 4.78 is 8.43. The SMILES string of the molecule is COC1=CC=CC1CC1(C)C(=CC2=C(Cl)C(=CC3=[N+](CCC(C)C)c4ccccc4C3(C)C)CCC2)N(CCC(C)C)c2ccccc21. The van der Waals surface area contributed by atoms with Gasteiger partial charge in [-0.25, -0.2) is 0 Å². The van der Waals surface area contributed by atoms with Crippen molar-refractivity contribution in [3.05, 3.63) is 118 Å². The van der Waals surface area contributed by atoms with Crippen molar-refractivity contribution in [3.63, 3.8) is 0 Å². The number of ether oxygens (including phenoxy) is 1. The van der Waals surface area contributed by atoms with Crippen LogP contribution >= 0.6 is 11.6 Å². The molecule has 0 amide bonds. The van der Waals surface area contributed by atoms with Gasteiger partial charge >= 0.3 is 0 Å². The summed E-state index contributed by atoms with van der Waals surface area (Å²) in [5.41, 5.74) is 10.5. The van der Waals surface area contributed by atoms with Crippen molar-refractivity contribution in [2.24, 2.45) is 17.8 Å². The Bertz CT molecular complexity index is 1730. The zero-order valence-electron chi connectivity index (χ0n) is 30.6. The minimum atomic E-state index is -0.187. The van der Waals surface area contributed by atoms with Crippen LogP contribution in [0.5, 0.6) is 0 Å². The minimum absolute atomic E-state index is 0.0888. The molecule has 2 aliphatic carbocycles. The molecule has 2 unspecified atom stereocenters. The Balaban J connectivity index is 1.46. The molecule has 3 nitrogen and oxygen atoms in total. The van der Waals surface area contributed by atoms with E-state index >= 15 is 0 Å². The van der Waals surface area contributed by atoms with Crippen LogP contribution in [-0.4, -0.2) is 30.5 Å². The van der Waals surface area contributed by atoms with Crippen molar-refractivity contribution in [3.8, 4) is 0 Å². The molecule has 254 valence electrons. The van der Waals surface area contributed by atoms with Crippen molar-refractivity contribution in [1.82, 2.24) is 0 Å². The van der Waals surface area contributed by atoms with Gasteiger partial charge in [0, 0.05) is 58.4 Å². The molecule has 4 heteroatoms. The number of nitrogens with zero attached hydrogens (tertiary/aromatic N) is 2. The first-order valence-electron chi connectivity index (χ1n) is 18.3. The minimum Gasteiger partial charge on any atom is -0.500 e. The maximum atomic E-state index is 7.56. The van der Waals surface area contributed by atoms with E-state index in [0.717, 1.165) is 62.4 Å². The van der Waals surface area contributed by atoms with Gasteiger partial charge in [0.15, 0.2) is 5.71 Å². The summed E-state index contributed by atoms with van der Waals surface area (Å²) in [6.45, 7) is 18.5. The summed E-state index contributed by atoms with van der Waals surface area (Å²) in [5, 5.41) is 0.942. The summed E-state index contributed by atoms with van der Waals surface area (Å²) in [6, 6.07) is 18.0. The zero-order valence-corrected chi connectivity index (χ0v) is 31.3. The monoisotopic (exact) mass is 663 g/mol. The fourth-order valence-corrected chi connectivity index (χ4v) is 8.68. The van der Waals surface area contributed by atoms with Gasteiger partial charge in [0.05, 0.1) is 12.5 Å². The lowest BCUT2D eigenvalue weighted by atomic mass is 9.73. The van der Waals surface area contributed by atoms with Crippen LogP contribution in [0.15, 0.2) is 107 Å². The van der Waals surface area contributed by atoms with Crippen LogP contribution in [0.3, 0.4) is 0 Å². The predicted molar refractivity (Wildman–Crippen MR) is 205 cm³/mol. The molecule has 2 aliphatic heterocycles. The van der Waals surface area contributed by atoms with Crippen LogP contribution in [0.4, 0.5) is 11.4 Å². The van der Waals surface area contributed by atoms with E-state index in [2.05, 4.69) is 137 Å². The second-order valence-corrected chi connectivity index (χ2v) is 16.3. The molecule has 0 fully saturated rings. The highest BCUT2D eigenvalue weighted by Gasteiger charge is 2.46. The highest BCUT2D eigenvalue weighted by Crippen LogP contribution is 2.53. The van der Waals surface area contributed by atoms with Crippen molar-refractivity contribution in [2.45, 2.75) is 97.8 Å². The Labute approximate surface area is 295 Å². The number of rotatable bonds is 11. The lowest BCUT2D eigenvalue weighted by Crippen LogP contribution is -2.32. The van der Waals surface area contributed by atoms with E-state index in [9.17, 15) is 0 Å². The summed E-state index contributed by atoms with van der Waals surface area (Å²) in [4.78, 5) is 2.61. The number of halogens is 1. The average molecular weight is 664 g/mol. The quantitative estimate of drug-likeness (QED) is 0.222. The van der Waals surface area contributed by atoms with Crippen LogP contribution in [0.2, 0.25) is 0 Å². The Morgan fingerprint density at radius 2 is 1.65 bits per heavy atom. The van der Waals surface area contributed by atoms with Crippen LogP contribution in [0.1, 0.15) is 98.1 Å². The summed E-state index contributed by atoms with van der Waals surface area (Å²) >= 11 is 7.56. The maximum absolute atomic E-state index is 7.56. The average Bonchev–Trinajstić information content (AvgIpc) is 3.66. The molecule has 2 heterocycles. The molecule has 2 aromatic rings. The molecule has 0 spiro atoms. The molecule has 0 bridgehead atoms. The maximum Gasteiger partial charge on any atom is 0.209 e. The molecule has 0 aromatic heterocycles. The van der Waals surface area contributed by atoms with Crippen molar-refractivity contribution in [1.29, 1.82) is 0 Å². The van der Waals surface area contributed by atoms with E-state index in [0.29, 0.717) is 11.8 Å². The van der Waals surface area contributed by atoms with Crippen molar-refractivity contribution < 1.29 is 9.31 Å². The molecule has 0 N–H and O–H groups in total. The van der Waals surface area contributed by atoms with E-state index in [1.165, 1.54) is 45.1 Å². The third-order valence-electron chi connectivity index (χ3n) is 11.2. The molecule has 4 aliphatic rings. The van der Waals surface area contributed by atoms with Crippen LogP contribution in [0.25, 0.3) is 0 Å². The number of fused-ring (bicyclic) bond motifs is 2. The van der Waals surface area contributed by atoms with Gasteiger partial charge in [0.25, 0.3) is 0 Å². The molecule has 2 aromatic carbocycles. The van der Waals surface area contributed by atoms with Crippen LogP contribution in [0, 0.1) is 17.8 Å². The largest absolute Gasteiger partial charge is 0.500 e. The zero-order chi connectivity index (χ0) is 34.2. The van der Waals surface area contributed by atoms with Gasteiger partial charge in [-0.2, -0.15) is 4.58 Å². The predicted octanol–water partition coefficient (Wildman–Crippen LogP) is 11.5. The third kappa shape index (κ3) is 6.40. The molecule has 6 rings (SSSR count). The molecule has 48 heavy (non-hydrogen) atoms. The molecule has 2 atom stereocenters. The summed E-state index contributed by atoms with van der Waals surface area (Å²) in [5.74, 6) is 2.55. The Hall–Kier alpha value is -3.30. The van der Waals surface area contributed by atoms with Gasteiger partial charge in [0.1, 0.15) is 12.3 Å². The molecule has 0 saturated heterocycles. The molecule has 0 radical (unpaired) electrons. The van der Waals surface area contributed by atoms with Gasteiger partial charge in [0.2, 0.25) is 5.69 Å². The van der Waals surface area contributed by atoms with Gasteiger partial charge in [-0.05, 0) is 99.6 Å². The van der Waals surface area contributed by atoms with Gasteiger partial charge in [-0.3, -0.25) is 0 Å². The van der Waals surface area contributed by atoms with Crippen LogP contribution < -0.4 is 4.90 Å². The van der Waals surface area contributed by atoms with Gasteiger partial charge in [-0.1, -0.05) is 87.8 Å². The number of hydrogen-bond donors (Lipinski definition) is 0. The van der Waals surface area contributed by atoms with Gasteiger partial charge < -0.3 is 9.64 Å². The molecular formula is C44H56ClN2O+. The summed E-state index contributed by atoms with van der Waals surface area (Å²) in [6.07, 6.45) is 17.9. The van der Waals surface area contributed by atoms with Crippen molar-refractivity contribution in [2.75, 3.05) is 25.1 Å². The van der Waals surface area contributed by atoms with E-state index in [1.54, 1.807) is 7.11 Å². The van der Waals surface area contributed by atoms with E-state index < -0.39 is 0 Å². The fourth-order valence-electron chi connectivity index (χ4n) is 8.38. The second-order valence-electron chi connectivity index (χ2n) is 15.9. The topological polar surface area (TPSA) is 15.5 Å². The van der Waals surface area contributed by atoms with E-state index in [-0.39, 0.29) is 16.7 Å². The lowest BCUT2D eigenvalue weighted by Gasteiger charge is -2.34. The lowest BCUT2D eigenvalue weighted by molar-refractivity contribution is -0.439. The highest BCUT2D eigenvalue weighted by molar-refractivity contribution is 6.33. The van der Waals surface area contributed by atoms with E-state index in [1.807, 2.05) is 0 Å². The first-order valence-corrected chi connectivity index (χ1v) is 18.7. The number of para-hydroxylation sites is 2. The first-order chi connectivity index (χ1) is 23.0. The standard InChI is InChI=1S/C44H56ClN2O/c1-30(2)23-25-46-37-20-11-9-18-35(37)43(5,6)40(46)27-32-15-13-16-33(42(32)45)28-41-44(7,29-34-17-14-22-39(34)48-8)36-19-10-12-21-38(36)47(41)26-24-31(3)4/h9-12,14,17-22,27-28,30-31,34H,13,15-16,23-26,29H2,1-8H3/q+1. The van der Waals surface area contributed by atoms with E-state index in [4.69, 9.17) is 16.3 Å². The Morgan fingerprint density at radius 1 is 0.938 bits per heavy atom. The number of anilines is 1. The second kappa shape index (κ2) is 13.9. The molecular weight excluding hydrogens is 608 g/mol. The number of allylic oxidation sites excluding steroid dienone is 9. The van der Waals surface area contributed by atoms with Crippen molar-refractivity contribution >= 4 is 28.7 Å². The van der Waals surface area contributed by atoms with Crippen LogP contribution in [-0.2, 0) is 15.6 Å². The fraction of sp³-hybridized carbons (Fsp3) is 0.477. The Morgan fingerprint density at radius 3 is 2.38 bits per heavy atom. The summed E-state index contributed by atoms with van der Waals surface area (Å²) in [7, 11) is 1.80. The smallest absolute Gasteiger partial charge is 0.209 e. The number of hydrogen-bond acceptors (Lipinski definition) is 2. The Kier molecular flexibility index (Phi) is 10.0. The normalized spacial score (nSPS) is 24.9. The number of benzene rings is 2. The first kappa shape index (κ1) is 34.6.